The Morgan fingerprint density at radius 2 is 1.70 bits per heavy atom. The van der Waals surface area contributed by atoms with Crippen molar-refractivity contribution in [2.45, 2.75) is 20.3 Å². The summed E-state index contributed by atoms with van der Waals surface area (Å²) in [7, 11) is 0. The molecular formula is C21H21FN4O. The predicted octanol–water partition coefficient (Wildman–Crippen LogP) is 4.14. The second-order valence-electron chi connectivity index (χ2n) is 6.34. The molecule has 0 fully saturated rings. The van der Waals surface area contributed by atoms with Crippen LogP contribution in [-0.2, 0) is 6.42 Å². The van der Waals surface area contributed by atoms with E-state index in [9.17, 15) is 9.18 Å². The van der Waals surface area contributed by atoms with Crippen LogP contribution in [0.1, 0.15) is 27.3 Å². The summed E-state index contributed by atoms with van der Waals surface area (Å²) < 4.78 is 12.9. The van der Waals surface area contributed by atoms with Gasteiger partial charge in [-0.1, -0.05) is 29.8 Å². The lowest BCUT2D eigenvalue weighted by atomic mass is 10.1. The Labute approximate surface area is 157 Å². The summed E-state index contributed by atoms with van der Waals surface area (Å²) in [5.74, 6) is -0.143. The molecule has 0 radical (unpaired) electrons. The van der Waals surface area contributed by atoms with Crippen LogP contribution in [-0.4, -0.2) is 22.4 Å². The molecule has 3 rings (SSSR count). The summed E-state index contributed by atoms with van der Waals surface area (Å²) in [5, 5.41) is 5.95. The number of carbonyl (C=O) groups is 1. The van der Waals surface area contributed by atoms with Gasteiger partial charge in [0.25, 0.3) is 5.91 Å². The van der Waals surface area contributed by atoms with E-state index < -0.39 is 0 Å². The van der Waals surface area contributed by atoms with Crippen molar-refractivity contribution in [3.05, 3.63) is 82.9 Å². The highest BCUT2D eigenvalue weighted by atomic mass is 19.1. The number of nitrogens with zero attached hydrogens (tertiary/aromatic N) is 2. The van der Waals surface area contributed by atoms with Gasteiger partial charge in [-0.15, -0.1) is 0 Å². The van der Waals surface area contributed by atoms with Gasteiger partial charge in [-0.05, 0) is 56.2 Å². The maximum Gasteiger partial charge on any atom is 0.274 e. The van der Waals surface area contributed by atoms with Crippen LogP contribution in [0.25, 0.3) is 0 Å². The summed E-state index contributed by atoms with van der Waals surface area (Å²) >= 11 is 0. The van der Waals surface area contributed by atoms with Crippen molar-refractivity contribution < 1.29 is 9.18 Å². The predicted molar refractivity (Wildman–Crippen MR) is 104 cm³/mol. The molecule has 1 aromatic heterocycles. The third kappa shape index (κ3) is 5.34. The molecule has 3 aromatic rings. The average Bonchev–Trinajstić information content (AvgIpc) is 2.65. The SMILES string of the molecule is Cc1ccc(NC(=O)c2cc(C)nc(NCCc3ccc(F)cc3)n2)cc1. The van der Waals surface area contributed by atoms with E-state index in [1.54, 1.807) is 18.2 Å². The number of hydrogen-bond donors (Lipinski definition) is 2. The normalized spacial score (nSPS) is 10.5. The number of carbonyl (C=O) groups excluding carboxylic acids is 1. The van der Waals surface area contributed by atoms with E-state index in [1.165, 1.54) is 12.1 Å². The number of aryl methyl sites for hydroxylation is 2. The van der Waals surface area contributed by atoms with E-state index >= 15 is 0 Å². The average molecular weight is 364 g/mol. The zero-order valence-electron chi connectivity index (χ0n) is 15.3. The summed E-state index contributed by atoms with van der Waals surface area (Å²) in [6.07, 6.45) is 0.697. The molecule has 0 unspecified atom stereocenters. The number of amides is 1. The van der Waals surface area contributed by atoms with E-state index in [2.05, 4.69) is 20.6 Å². The van der Waals surface area contributed by atoms with Crippen LogP contribution in [0, 0.1) is 19.7 Å². The van der Waals surface area contributed by atoms with Crippen molar-refractivity contribution in [3.63, 3.8) is 0 Å². The van der Waals surface area contributed by atoms with Gasteiger partial charge in [-0.25, -0.2) is 14.4 Å². The Hall–Kier alpha value is -3.28. The van der Waals surface area contributed by atoms with Crippen LogP contribution >= 0.6 is 0 Å². The molecule has 0 saturated heterocycles. The molecule has 0 aliphatic heterocycles. The fourth-order valence-corrected chi connectivity index (χ4v) is 2.57. The highest BCUT2D eigenvalue weighted by Crippen LogP contribution is 2.12. The van der Waals surface area contributed by atoms with E-state index in [1.807, 2.05) is 38.1 Å². The van der Waals surface area contributed by atoms with E-state index in [0.717, 1.165) is 11.1 Å². The lowest BCUT2D eigenvalue weighted by molar-refractivity contribution is 0.102. The second kappa shape index (κ2) is 8.40. The second-order valence-corrected chi connectivity index (χ2v) is 6.34. The minimum absolute atomic E-state index is 0.252. The van der Waals surface area contributed by atoms with Gasteiger partial charge in [0.1, 0.15) is 11.5 Å². The van der Waals surface area contributed by atoms with Crippen molar-refractivity contribution in [3.8, 4) is 0 Å². The maximum absolute atomic E-state index is 12.9. The number of hydrogen-bond acceptors (Lipinski definition) is 4. The third-order valence-electron chi connectivity index (χ3n) is 4.01. The van der Waals surface area contributed by atoms with Crippen LogP contribution in [0.15, 0.2) is 54.6 Å². The van der Waals surface area contributed by atoms with Crippen LogP contribution in [0.4, 0.5) is 16.0 Å². The monoisotopic (exact) mass is 364 g/mol. The first-order valence-corrected chi connectivity index (χ1v) is 8.71. The fourth-order valence-electron chi connectivity index (χ4n) is 2.57. The van der Waals surface area contributed by atoms with Gasteiger partial charge < -0.3 is 10.6 Å². The van der Waals surface area contributed by atoms with Gasteiger partial charge in [0.2, 0.25) is 5.95 Å². The highest BCUT2D eigenvalue weighted by molar-refractivity contribution is 6.03. The Morgan fingerprint density at radius 1 is 1.00 bits per heavy atom. The van der Waals surface area contributed by atoms with Crippen molar-refractivity contribution in [2.75, 3.05) is 17.2 Å². The van der Waals surface area contributed by atoms with Crippen molar-refractivity contribution in [2.24, 2.45) is 0 Å². The zero-order valence-corrected chi connectivity index (χ0v) is 15.3. The van der Waals surface area contributed by atoms with E-state index in [4.69, 9.17) is 0 Å². The molecule has 5 nitrogen and oxygen atoms in total. The van der Waals surface area contributed by atoms with Gasteiger partial charge in [0.05, 0.1) is 0 Å². The first-order valence-electron chi connectivity index (χ1n) is 8.71. The molecule has 0 bridgehead atoms. The van der Waals surface area contributed by atoms with Crippen LogP contribution in [0.3, 0.4) is 0 Å². The molecule has 2 aromatic carbocycles. The van der Waals surface area contributed by atoms with Crippen molar-refractivity contribution in [1.29, 1.82) is 0 Å². The molecule has 0 saturated carbocycles. The topological polar surface area (TPSA) is 66.9 Å². The first-order chi connectivity index (χ1) is 13.0. The van der Waals surface area contributed by atoms with Gasteiger partial charge in [0, 0.05) is 17.9 Å². The van der Waals surface area contributed by atoms with Gasteiger partial charge >= 0.3 is 0 Å². The molecule has 0 atom stereocenters. The van der Waals surface area contributed by atoms with Gasteiger partial charge in [-0.3, -0.25) is 4.79 Å². The number of aromatic nitrogens is 2. The molecule has 1 amide bonds. The molecule has 0 aliphatic carbocycles. The van der Waals surface area contributed by atoms with E-state index in [0.29, 0.717) is 36.0 Å². The number of anilines is 2. The minimum Gasteiger partial charge on any atom is -0.354 e. The Kier molecular flexibility index (Phi) is 5.76. The molecule has 2 N–H and O–H groups in total. The standard InChI is InChI=1S/C21H21FN4O/c1-14-3-9-18(10-4-14)25-20(27)19-13-15(2)24-21(26-19)23-12-11-16-5-7-17(22)8-6-16/h3-10,13H,11-12H2,1-2H3,(H,25,27)(H,23,24,26). The number of rotatable bonds is 6. The van der Waals surface area contributed by atoms with Gasteiger partial charge in [-0.2, -0.15) is 0 Å². The fraction of sp³-hybridized carbons (Fsp3) is 0.190. The quantitative estimate of drug-likeness (QED) is 0.690. The lowest BCUT2D eigenvalue weighted by Crippen LogP contribution is -2.16. The number of halogens is 1. The molecule has 138 valence electrons. The molecule has 0 spiro atoms. The number of benzene rings is 2. The molecular weight excluding hydrogens is 343 g/mol. The summed E-state index contributed by atoms with van der Waals surface area (Å²) in [6.45, 7) is 4.38. The molecule has 1 heterocycles. The Morgan fingerprint density at radius 3 is 2.41 bits per heavy atom. The molecule has 6 heteroatoms. The highest BCUT2D eigenvalue weighted by Gasteiger charge is 2.11. The first kappa shape index (κ1) is 18.5. The smallest absolute Gasteiger partial charge is 0.274 e. The lowest BCUT2D eigenvalue weighted by Gasteiger charge is -2.09. The molecule has 27 heavy (non-hydrogen) atoms. The van der Waals surface area contributed by atoms with Crippen LogP contribution in [0.2, 0.25) is 0 Å². The summed E-state index contributed by atoms with van der Waals surface area (Å²) in [5.41, 5.74) is 3.84. The summed E-state index contributed by atoms with van der Waals surface area (Å²) in [6, 6.07) is 15.6. The van der Waals surface area contributed by atoms with Crippen molar-refractivity contribution >= 4 is 17.5 Å². The largest absolute Gasteiger partial charge is 0.354 e. The molecule has 0 aliphatic rings. The van der Waals surface area contributed by atoms with E-state index in [-0.39, 0.29) is 11.7 Å². The zero-order chi connectivity index (χ0) is 19.2. The third-order valence-corrected chi connectivity index (χ3v) is 4.01. The van der Waals surface area contributed by atoms with Crippen LogP contribution in [0.5, 0.6) is 0 Å². The van der Waals surface area contributed by atoms with Crippen LogP contribution < -0.4 is 10.6 Å². The number of nitrogens with one attached hydrogen (secondary N) is 2. The van der Waals surface area contributed by atoms with Gasteiger partial charge in [0.15, 0.2) is 0 Å². The Bertz CT molecular complexity index is 924. The Balaban J connectivity index is 1.63. The maximum atomic E-state index is 12.9. The summed E-state index contributed by atoms with van der Waals surface area (Å²) in [4.78, 5) is 21.1. The minimum atomic E-state index is -0.286. The van der Waals surface area contributed by atoms with Crippen molar-refractivity contribution in [1.82, 2.24) is 9.97 Å².